The third kappa shape index (κ3) is 2.90. The first kappa shape index (κ1) is 10.3. The van der Waals surface area contributed by atoms with Crippen molar-refractivity contribution in [3.05, 3.63) is 16.6 Å². The van der Waals surface area contributed by atoms with Crippen molar-refractivity contribution in [3.63, 3.8) is 0 Å². The molecule has 0 bridgehead atoms. The van der Waals surface area contributed by atoms with Gasteiger partial charge in [-0.05, 0) is 6.92 Å². The third-order valence-electron chi connectivity index (χ3n) is 2.13. The Labute approximate surface area is 82.0 Å². The lowest BCUT2D eigenvalue weighted by Gasteiger charge is -2.12. The number of hydrogen-bond acceptors (Lipinski definition) is 4. The number of ketones is 1. The van der Waals surface area contributed by atoms with E-state index in [1.54, 1.807) is 11.7 Å². The van der Waals surface area contributed by atoms with Crippen molar-refractivity contribution >= 4 is 17.1 Å². The van der Waals surface area contributed by atoms with Gasteiger partial charge in [0.25, 0.3) is 0 Å². The second kappa shape index (κ2) is 4.48. The van der Waals surface area contributed by atoms with Crippen molar-refractivity contribution in [1.82, 2.24) is 4.98 Å². The summed E-state index contributed by atoms with van der Waals surface area (Å²) >= 11 is 1.51. The van der Waals surface area contributed by atoms with Crippen LogP contribution in [0.4, 0.5) is 0 Å². The first-order valence-corrected chi connectivity index (χ1v) is 5.15. The second-order valence-electron chi connectivity index (χ2n) is 3.26. The number of carbonyl (C=O) groups excluding carboxylic acids is 1. The predicted molar refractivity (Wildman–Crippen MR) is 53.6 cm³/mol. The van der Waals surface area contributed by atoms with Crippen LogP contribution in [0.15, 0.2) is 11.7 Å². The van der Waals surface area contributed by atoms with Crippen molar-refractivity contribution in [3.8, 4) is 0 Å². The fourth-order valence-electron chi connectivity index (χ4n) is 0.955. The van der Waals surface area contributed by atoms with Crippen molar-refractivity contribution in [2.45, 2.75) is 26.3 Å². The molecule has 1 aromatic heterocycles. The summed E-state index contributed by atoms with van der Waals surface area (Å²) in [4.78, 5) is 16.5. The minimum Gasteiger partial charge on any atom is -0.327 e. The number of nitrogens with zero attached hydrogens (tertiary/aromatic N) is 1. The van der Waals surface area contributed by atoms with Gasteiger partial charge in [-0.3, -0.25) is 9.78 Å². The summed E-state index contributed by atoms with van der Waals surface area (Å²) in [6.07, 6.45) is 2.20. The fourth-order valence-corrected chi connectivity index (χ4v) is 1.56. The van der Waals surface area contributed by atoms with E-state index in [2.05, 4.69) is 4.98 Å². The van der Waals surface area contributed by atoms with Gasteiger partial charge in [0.05, 0.1) is 5.51 Å². The Morgan fingerprint density at radius 3 is 2.85 bits per heavy atom. The maximum absolute atomic E-state index is 11.6. The molecule has 0 radical (unpaired) electrons. The van der Waals surface area contributed by atoms with E-state index in [9.17, 15) is 4.79 Å². The Balaban J connectivity index is 2.51. The molecule has 2 unspecified atom stereocenters. The van der Waals surface area contributed by atoms with Crippen molar-refractivity contribution < 1.29 is 4.79 Å². The predicted octanol–water partition coefficient (Wildman–Crippen LogP) is 1.24. The van der Waals surface area contributed by atoms with E-state index in [4.69, 9.17) is 5.73 Å². The van der Waals surface area contributed by atoms with E-state index in [0.29, 0.717) is 6.42 Å². The van der Waals surface area contributed by atoms with E-state index < -0.39 is 0 Å². The third-order valence-corrected chi connectivity index (χ3v) is 2.91. The molecular formula is C9H14N2OS. The van der Waals surface area contributed by atoms with Gasteiger partial charge >= 0.3 is 0 Å². The van der Waals surface area contributed by atoms with E-state index in [1.807, 2.05) is 13.8 Å². The van der Waals surface area contributed by atoms with Crippen LogP contribution in [0, 0.1) is 5.92 Å². The molecule has 3 nitrogen and oxygen atoms in total. The zero-order valence-corrected chi connectivity index (χ0v) is 8.67. The molecule has 13 heavy (non-hydrogen) atoms. The smallest absolute Gasteiger partial charge is 0.142 e. The quantitative estimate of drug-likeness (QED) is 0.792. The Morgan fingerprint density at radius 1 is 1.69 bits per heavy atom. The number of nitrogens with two attached hydrogens (primary N) is 1. The minimum absolute atomic E-state index is 0.0675. The van der Waals surface area contributed by atoms with Gasteiger partial charge < -0.3 is 5.73 Å². The molecule has 2 atom stereocenters. The van der Waals surface area contributed by atoms with E-state index in [-0.39, 0.29) is 17.7 Å². The van der Waals surface area contributed by atoms with Crippen molar-refractivity contribution in [1.29, 1.82) is 0 Å². The molecule has 1 rings (SSSR count). The lowest BCUT2D eigenvalue weighted by Crippen LogP contribution is -2.31. The fraction of sp³-hybridized carbons (Fsp3) is 0.556. The summed E-state index contributed by atoms with van der Waals surface area (Å²) in [6, 6.07) is -0.0691. The zero-order chi connectivity index (χ0) is 9.84. The summed E-state index contributed by atoms with van der Waals surface area (Å²) in [6.45, 7) is 3.73. The summed E-state index contributed by atoms with van der Waals surface area (Å²) < 4.78 is 0. The highest BCUT2D eigenvalue weighted by Gasteiger charge is 2.17. The van der Waals surface area contributed by atoms with Gasteiger partial charge in [0.15, 0.2) is 0 Å². The number of Topliss-reactive ketones (excluding diaryl/α,β-unsaturated/α-hetero) is 1. The monoisotopic (exact) mass is 198 g/mol. The SMILES string of the molecule is CC(N)C(C)C(=O)Cc1cncs1. The number of aromatic nitrogens is 1. The van der Waals surface area contributed by atoms with E-state index in [0.717, 1.165) is 4.88 Å². The first-order valence-electron chi connectivity index (χ1n) is 4.27. The standard InChI is InChI=1S/C9H14N2OS/c1-6(7(2)10)9(12)3-8-4-11-5-13-8/h4-7H,3,10H2,1-2H3. The van der Waals surface area contributed by atoms with Gasteiger partial charge in [0, 0.05) is 29.5 Å². The molecule has 0 saturated carbocycles. The Kier molecular flexibility index (Phi) is 3.57. The van der Waals surface area contributed by atoms with Crippen LogP contribution in [-0.2, 0) is 11.2 Å². The molecule has 1 aromatic rings. The Morgan fingerprint density at radius 2 is 2.38 bits per heavy atom. The molecule has 0 aliphatic carbocycles. The molecule has 0 aliphatic heterocycles. The van der Waals surface area contributed by atoms with Crippen LogP contribution in [0.25, 0.3) is 0 Å². The Bertz CT molecular complexity index is 269. The lowest BCUT2D eigenvalue weighted by atomic mass is 9.97. The molecular weight excluding hydrogens is 184 g/mol. The van der Waals surface area contributed by atoms with Crippen LogP contribution >= 0.6 is 11.3 Å². The molecule has 1 heterocycles. The molecule has 72 valence electrons. The molecule has 2 N–H and O–H groups in total. The molecule has 0 saturated heterocycles. The van der Waals surface area contributed by atoms with Gasteiger partial charge in [-0.1, -0.05) is 6.92 Å². The van der Waals surface area contributed by atoms with Crippen LogP contribution in [-0.4, -0.2) is 16.8 Å². The van der Waals surface area contributed by atoms with E-state index in [1.165, 1.54) is 11.3 Å². The summed E-state index contributed by atoms with van der Waals surface area (Å²) in [5.41, 5.74) is 7.37. The van der Waals surface area contributed by atoms with Crippen LogP contribution in [0.2, 0.25) is 0 Å². The number of carbonyl (C=O) groups is 1. The van der Waals surface area contributed by atoms with Gasteiger partial charge in [-0.15, -0.1) is 11.3 Å². The second-order valence-corrected chi connectivity index (χ2v) is 4.23. The highest BCUT2D eigenvalue weighted by atomic mass is 32.1. The van der Waals surface area contributed by atoms with Crippen LogP contribution in [0.5, 0.6) is 0 Å². The number of thiazole rings is 1. The average molecular weight is 198 g/mol. The number of rotatable bonds is 4. The molecule has 0 spiro atoms. The van der Waals surface area contributed by atoms with E-state index >= 15 is 0 Å². The molecule has 0 amide bonds. The van der Waals surface area contributed by atoms with Crippen LogP contribution < -0.4 is 5.73 Å². The van der Waals surface area contributed by atoms with Crippen molar-refractivity contribution in [2.75, 3.05) is 0 Å². The zero-order valence-electron chi connectivity index (χ0n) is 7.86. The van der Waals surface area contributed by atoms with Crippen LogP contribution in [0.3, 0.4) is 0 Å². The normalized spacial score (nSPS) is 15.3. The minimum atomic E-state index is -0.0691. The first-order chi connectivity index (χ1) is 6.11. The largest absolute Gasteiger partial charge is 0.327 e. The van der Waals surface area contributed by atoms with Gasteiger partial charge in [0.1, 0.15) is 5.78 Å². The molecule has 0 aliphatic rings. The molecule has 0 fully saturated rings. The van der Waals surface area contributed by atoms with Crippen LogP contribution in [0.1, 0.15) is 18.7 Å². The topological polar surface area (TPSA) is 56.0 Å². The summed E-state index contributed by atoms with van der Waals surface area (Å²) in [5, 5.41) is 0. The average Bonchev–Trinajstić information content (AvgIpc) is 2.55. The number of hydrogen-bond donors (Lipinski definition) is 1. The molecule has 0 aromatic carbocycles. The molecule has 4 heteroatoms. The van der Waals surface area contributed by atoms with Crippen molar-refractivity contribution in [2.24, 2.45) is 11.7 Å². The maximum atomic E-state index is 11.6. The van der Waals surface area contributed by atoms with Gasteiger partial charge in [0.2, 0.25) is 0 Å². The lowest BCUT2D eigenvalue weighted by molar-refractivity contribution is -0.122. The summed E-state index contributed by atoms with van der Waals surface area (Å²) in [5.74, 6) is 0.126. The summed E-state index contributed by atoms with van der Waals surface area (Å²) in [7, 11) is 0. The Hall–Kier alpha value is -0.740. The van der Waals surface area contributed by atoms with Gasteiger partial charge in [-0.2, -0.15) is 0 Å². The highest BCUT2D eigenvalue weighted by Crippen LogP contribution is 2.11. The highest BCUT2D eigenvalue weighted by molar-refractivity contribution is 7.09. The van der Waals surface area contributed by atoms with Gasteiger partial charge in [-0.25, -0.2) is 0 Å². The maximum Gasteiger partial charge on any atom is 0.142 e.